The molecule has 6 nitrogen and oxygen atoms in total. The van der Waals surface area contributed by atoms with Gasteiger partial charge in [0.15, 0.2) is 0 Å². The molecule has 0 aliphatic heterocycles. The molecule has 0 unspecified atom stereocenters. The van der Waals surface area contributed by atoms with Gasteiger partial charge >= 0.3 is 5.97 Å². The van der Waals surface area contributed by atoms with Crippen LogP contribution in [0.25, 0.3) is 0 Å². The van der Waals surface area contributed by atoms with Crippen LogP contribution in [0.1, 0.15) is 42.6 Å². The molecule has 0 spiro atoms. The number of hydrogen-bond donors (Lipinski definition) is 0. The molecule has 1 aliphatic carbocycles. The van der Waals surface area contributed by atoms with Crippen LogP contribution in [-0.2, 0) is 4.74 Å². The highest BCUT2D eigenvalue weighted by Crippen LogP contribution is 2.32. The summed E-state index contributed by atoms with van der Waals surface area (Å²) in [5.74, 6) is 0.0967. The number of hydrogen-bond acceptors (Lipinski definition) is 5. The number of aromatic nitrogens is 3. The fourth-order valence-electron chi connectivity index (χ4n) is 2.79. The molecule has 2 aromatic rings. The molecule has 1 fully saturated rings. The predicted octanol–water partition coefficient (Wildman–Crippen LogP) is 2.63. The van der Waals surface area contributed by atoms with Crippen molar-refractivity contribution in [1.82, 2.24) is 14.8 Å². The Morgan fingerprint density at radius 2 is 2.32 bits per heavy atom. The van der Waals surface area contributed by atoms with Gasteiger partial charge in [0.25, 0.3) is 0 Å². The average molecular weight is 301 g/mol. The molecular formula is C16H19N3O3. The Labute approximate surface area is 129 Å². The summed E-state index contributed by atoms with van der Waals surface area (Å²) in [7, 11) is 0. The summed E-state index contributed by atoms with van der Waals surface area (Å²) in [4.78, 5) is 16.4. The van der Waals surface area contributed by atoms with Crippen molar-refractivity contribution in [3.63, 3.8) is 0 Å². The average Bonchev–Trinajstić information content (AvgIpc) is 3.18. The zero-order chi connectivity index (χ0) is 15.4. The highest BCUT2D eigenvalue weighted by molar-refractivity contribution is 5.89. The van der Waals surface area contributed by atoms with Gasteiger partial charge in [-0.1, -0.05) is 0 Å². The number of carbonyl (C=O) groups excluding carboxylic acids is 1. The summed E-state index contributed by atoms with van der Waals surface area (Å²) in [5, 5.41) is 4.26. The van der Waals surface area contributed by atoms with Crippen molar-refractivity contribution in [2.45, 2.75) is 38.3 Å². The van der Waals surface area contributed by atoms with E-state index in [0.29, 0.717) is 18.1 Å². The highest BCUT2D eigenvalue weighted by atomic mass is 16.5. The Morgan fingerprint density at radius 3 is 3.09 bits per heavy atom. The number of rotatable bonds is 5. The zero-order valence-electron chi connectivity index (χ0n) is 12.5. The van der Waals surface area contributed by atoms with Gasteiger partial charge in [-0.05, 0) is 38.3 Å². The Hall–Kier alpha value is -2.37. The Bertz CT molecular complexity index is 627. The van der Waals surface area contributed by atoms with E-state index in [1.807, 2.05) is 23.9 Å². The Kier molecular flexibility index (Phi) is 4.37. The van der Waals surface area contributed by atoms with Crippen molar-refractivity contribution in [3.8, 4) is 5.88 Å². The maximum Gasteiger partial charge on any atom is 0.338 e. The first-order chi connectivity index (χ1) is 10.8. The minimum absolute atomic E-state index is 0.118. The third kappa shape index (κ3) is 3.10. The number of ether oxygens (including phenoxy) is 2. The number of carbonyl (C=O) groups is 1. The molecule has 22 heavy (non-hydrogen) atoms. The lowest BCUT2D eigenvalue weighted by Gasteiger charge is -2.20. The second-order valence-electron chi connectivity index (χ2n) is 5.24. The normalized spacial score (nSPS) is 20.8. The van der Waals surface area contributed by atoms with E-state index in [1.54, 1.807) is 24.5 Å². The first-order valence-corrected chi connectivity index (χ1v) is 7.57. The van der Waals surface area contributed by atoms with Crippen LogP contribution in [0.5, 0.6) is 5.88 Å². The van der Waals surface area contributed by atoms with Crippen LogP contribution in [-0.4, -0.2) is 33.4 Å². The summed E-state index contributed by atoms with van der Waals surface area (Å²) in [6.07, 6.45) is 7.94. The molecule has 0 saturated heterocycles. The fourth-order valence-corrected chi connectivity index (χ4v) is 2.79. The van der Waals surface area contributed by atoms with Gasteiger partial charge in [0, 0.05) is 24.7 Å². The third-order valence-electron chi connectivity index (χ3n) is 3.80. The van der Waals surface area contributed by atoms with E-state index in [0.717, 1.165) is 19.3 Å². The fraction of sp³-hybridized carbons (Fsp3) is 0.438. The Balaban J connectivity index is 1.69. The van der Waals surface area contributed by atoms with Crippen LogP contribution in [0.15, 0.2) is 36.8 Å². The molecular weight excluding hydrogens is 282 g/mol. The largest absolute Gasteiger partial charge is 0.478 e. The molecule has 0 bridgehead atoms. The molecule has 3 rings (SSSR count). The van der Waals surface area contributed by atoms with Crippen molar-refractivity contribution < 1.29 is 14.3 Å². The second-order valence-corrected chi connectivity index (χ2v) is 5.24. The summed E-state index contributed by atoms with van der Waals surface area (Å²) in [6.45, 7) is 2.38. The van der Waals surface area contributed by atoms with E-state index in [1.165, 1.54) is 0 Å². The molecule has 1 saturated carbocycles. The monoisotopic (exact) mass is 301 g/mol. The summed E-state index contributed by atoms with van der Waals surface area (Å²) < 4.78 is 12.9. The molecule has 116 valence electrons. The summed E-state index contributed by atoms with van der Waals surface area (Å²) in [5.41, 5.74) is 0.463. The van der Waals surface area contributed by atoms with Gasteiger partial charge in [0.1, 0.15) is 6.10 Å². The molecule has 2 heterocycles. The highest BCUT2D eigenvalue weighted by Gasteiger charge is 2.32. The minimum atomic E-state index is -0.340. The lowest BCUT2D eigenvalue weighted by atomic mass is 10.2. The van der Waals surface area contributed by atoms with E-state index in [9.17, 15) is 4.79 Å². The smallest absolute Gasteiger partial charge is 0.338 e. The lowest BCUT2D eigenvalue weighted by Crippen LogP contribution is -2.25. The quantitative estimate of drug-likeness (QED) is 0.794. The van der Waals surface area contributed by atoms with Gasteiger partial charge in [-0.15, -0.1) is 0 Å². The van der Waals surface area contributed by atoms with Gasteiger partial charge in [-0.25, -0.2) is 9.78 Å². The van der Waals surface area contributed by atoms with Crippen LogP contribution in [0.4, 0.5) is 0 Å². The molecule has 0 amide bonds. The van der Waals surface area contributed by atoms with Crippen LogP contribution >= 0.6 is 0 Å². The SMILES string of the molecule is CCOc1cc(C(=O)O[C@@H]2CCC[C@H]2n2cccn2)ccn1. The van der Waals surface area contributed by atoms with Gasteiger partial charge in [-0.3, -0.25) is 4.68 Å². The lowest BCUT2D eigenvalue weighted by molar-refractivity contribution is 0.0209. The first-order valence-electron chi connectivity index (χ1n) is 7.57. The number of esters is 1. The Morgan fingerprint density at radius 1 is 1.41 bits per heavy atom. The van der Waals surface area contributed by atoms with Crippen molar-refractivity contribution in [1.29, 1.82) is 0 Å². The zero-order valence-corrected chi connectivity index (χ0v) is 12.5. The van der Waals surface area contributed by atoms with Crippen molar-refractivity contribution in [2.75, 3.05) is 6.61 Å². The van der Waals surface area contributed by atoms with E-state index in [4.69, 9.17) is 9.47 Å². The molecule has 1 aliphatic rings. The molecule has 2 aromatic heterocycles. The van der Waals surface area contributed by atoms with Gasteiger partial charge in [0.2, 0.25) is 5.88 Å². The van der Waals surface area contributed by atoms with E-state index in [2.05, 4.69) is 10.1 Å². The van der Waals surface area contributed by atoms with Crippen LogP contribution in [0, 0.1) is 0 Å². The third-order valence-corrected chi connectivity index (χ3v) is 3.80. The molecule has 0 N–H and O–H groups in total. The van der Waals surface area contributed by atoms with E-state index >= 15 is 0 Å². The molecule has 6 heteroatoms. The minimum Gasteiger partial charge on any atom is -0.478 e. The predicted molar refractivity (Wildman–Crippen MR) is 79.7 cm³/mol. The van der Waals surface area contributed by atoms with Crippen molar-refractivity contribution in [3.05, 3.63) is 42.4 Å². The molecule has 2 atom stereocenters. The summed E-state index contributed by atoms with van der Waals surface area (Å²) >= 11 is 0. The van der Waals surface area contributed by atoms with Crippen LogP contribution in [0.2, 0.25) is 0 Å². The molecule has 0 radical (unpaired) electrons. The van der Waals surface area contributed by atoms with Gasteiger partial charge in [0.05, 0.1) is 18.2 Å². The maximum absolute atomic E-state index is 12.3. The van der Waals surface area contributed by atoms with Crippen molar-refractivity contribution >= 4 is 5.97 Å². The van der Waals surface area contributed by atoms with E-state index < -0.39 is 0 Å². The van der Waals surface area contributed by atoms with E-state index in [-0.39, 0.29) is 18.1 Å². The molecule has 0 aromatic carbocycles. The topological polar surface area (TPSA) is 66.2 Å². The van der Waals surface area contributed by atoms with Crippen LogP contribution in [0.3, 0.4) is 0 Å². The number of pyridine rings is 1. The van der Waals surface area contributed by atoms with Crippen LogP contribution < -0.4 is 4.74 Å². The standard InChI is InChI=1S/C16H19N3O3/c1-2-21-15-11-12(7-9-17-15)16(20)22-14-6-3-5-13(14)19-10-4-8-18-19/h4,7-11,13-14H,2-3,5-6H2,1H3/t13-,14-/m1/s1. The second kappa shape index (κ2) is 6.60. The van der Waals surface area contributed by atoms with Gasteiger partial charge in [-0.2, -0.15) is 5.10 Å². The summed E-state index contributed by atoms with van der Waals surface area (Å²) in [6, 6.07) is 5.26. The van der Waals surface area contributed by atoms with Gasteiger partial charge < -0.3 is 9.47 Å². The first kappa shape index (κ1) is 14.6. The maximum atomic E-state index is 12.3. The van der Waals surface area contributed by atoms with Crippen molar-refractivity contribution in [2.24, 2.45) is 0 Å². The number of nitrogens with zero attached hydrogens (tertiary/aromatic N) is 3.